The van der Waals surface area contributed by atoms with Gasteiger partial charge in [-0.25, -0.2) is 0 Å². The second kappa shape index (κ2) is 7.39. The molecule has 0 amide bonds. The predicted molar refractivity (Wildman–Crippen MR) is 98.6 cm³/mol. The average Bonchev–Trinajstić information content (AvgIpc) is 2.64. The second-order valence-corrected chi connectivity index (χ2v) is 8.32. The maximum atomic E-state index is 12.7. The lowest BCUT2D eigenvalue weighted by molar-refractivity contribution is -0.0910. The summed E-state index contributed by atoms with van der Waals surface area (Å²) in [6.07, 6.45) is 1.73. The number of aryl methyl sites for hydroxylation is 1. The Hall–Kier alpha value is -1.89. The maximum absolute atomic E-state index is 12.7. The van der Waals surface area contributed by atoms with Crippen LogP contribution in [0, 0.1) is 6.92 Å². The average molecular weight is 376 g/mol. The molecule has 140 valence electrons. The summed E-state index contributed by atoms with van der Waals surface area (Å²) in [6, 6.07) is 13.6. The Kier molecular flexibility index (Phi) is 5.37. The molecule has 2 aromatic carbocycles. The highest BCUT2D eigenvalue weighted by Crippen LogP contribution is 2.40. The van der Waals surface area contributed by atoms with Crippen molar-refractivity contribution in [2.75, 3.05) is 7.11 Å². The molecule has 1 fully saturated rings. The minimum atomic E-state index is -3.95. The van der Waals surface area contributed by atoms with Gasteiger partial charge in [-0.3, -0.25) is 4.18 Å². The summed E-state index contributed by atoms with van der Waals surface area (Å²) in [5.74, 6) is 0.679. The lowest BCUT2D eigenvalue weighted by atomic mass is 9.77. The highest BCUT2D eigenvalue weighted by atomic mass is 32.2. The van der Waals surface area contributed by atoms with Gasteiger partial charge in [-0.1, -0.05) is 42.7 Å². The summed E-state index contributed by atoms with van der Waals surface area (Å²) < 4.78 is 36.0. The van der Waals surface area contributed by atoms with Crippen LogP contribution >= 0.6 is 0 Å². The van der Waals surface area contributed by atoms with Crippen molar-refractivity contribution in [3.63, 3.8) is 0 Å². The van der Waals surface area contributed by atoms with Crippen molar-refractivity contribution in [2.45, 2.75) is 49.2 Å². The minimum Gasteiger partial charge on any atom is -0.497 e. The number of aliphatic hydroxyl groups is 1. The van der Waals surface area contributed by atoms with Crippen LogP contribution in [0.25, 0.3) is 0 Å². The third kappa shape index (κ3) is 3.77. The number of methoxy groups -OCH3 is 1. The van der Waals surface area contributed by atoms with Crippen LogP contribution in [-0.4, -0.2) is 26.7 Å². The van der Waals surface area contributed by atoms with Crippen molar-refractivity contribution in [3.05, 3.63) is 59.7 Å². The topological polar surface area (TPSA) is 72.8 Å². The van der Waals surface area contributed by atoms with Gasteiger partial charge in [0, 0.05) is 0 Å². The van der Waals surface area contributed by atoms with Gasteiger partial charge >= 0.3 is 0 Å². The quantitative estimate of drug-likeness (QED) is 0.808. The molecule has 1 saturated carbocycles. The molecule has 0 unspecified atom stereocenters. The van der Waals surface area contributed by atoms with E-state index >= 15 is 0 Å². The molecule has 0 heterocycles. The van der Waals surface area contributed by atoms with Crippen LogP contribution in [0.5, 0.6) is 5.75 Å². The van der Waals surface area contributed by atoms with E-state index in [2.05, 4.69) is 0 Å². The lowest BCUT2D eigenvalue weighted by Crippen LogP contribution is -2.44. The highest BCUT2D eigenvalue weighted by Gasteiger charge is 2.44. The third-order valence-electron chi connectivity index (χ3n) is 4.95. The van der Waals surface area contributed by atoms with E-state index in [1.807, 2.05) is 6.92 Å². The van der Waals surface area contributed by atoms with Crippen LogP contribution in [0.15, 0.2) is 53.4 Å². The minimum absolute atomic E-state index is 0.103. The van der Waals surface area contributed by atoms with Crippen molar-refractivity contribution in [2.24, 2.45) is 0 Å². The van der Waals surface area contributed by atoms with Crippen LogP contribution < -0.4 is 4.74 Å². The van der Waals surface area contributed by atoms with Crippen LogP contribution in [0.3, 0.4) is 0 Å². The summed E-state index contributed by atoms with van der Waals surface area (Å²) in [4.78, 5) is 0.103. The second-order valence-electron chi connectivity index (χ2n) is 6.75. The molecule has 2 aromatic rings. The molecule has 5 nitrogen and oxygen atoms in total. The summed E-state index contributed by atoms with van der Waals surface area (Å²) in [6.45, 7) is 1.89. The monoisotopic (exact) mass is 376 g/mol. The Morgan fingerprint density at radius 1 is 1.04 bits per heavy atom. The molecule has 0 aliphatic heterocycles. The zero-order chi connectivity index (χ0) is 18.8. The fourth-order valence-electron chi connectivity index (χ4n) is 3.37. The van der Waals surface area contributed by atoms with Crippen molar-refractivity contribution < 1.29 is 22.4 Å². The van der Waals surface area contributed by atoms with E-state index in [4.69, 9.17) is 8.92 Å². The first-order chi connectivity index (χ1) is 12.3. The largest absolute Gasteiger partial charge is 0.497 e. The van der Waals surface area contributed by atoms with E-state index in [1.165, 1.54) is 12.1 Å². The van der Waals surface area contributed by atoms with Gasteiger partial charge in [-0.15, -0.1) is 0 Å². The summed E-state index contributed by atoms with van der Waals surface area (Å²) >= 11 is 0. The molecule has 26 heavy (non-hydrogen) atoms. The lowest BCUT2D eigenvalue weighted by Gasteiger charge is -2.39. The summed E-state index contributed by atoms with van der Waals surface area (Å²) in [7, 11) is -2.38. The van der Waals surface area contributed by atoms with Crippen LogP contribution in [0.1, 0.15) is 36.8 Å². The van der Waals surface area contributed by atoms with Crippen molar-refractivity contribution in [3.8, 4) is 5.75 Å². The fourth-order valence-corrected chi connectivity index (χ4v) is 4.52. The van der Waals surface area contributed by atoms with Crippen LogP contribution in [0.4, 0.5) is 0 Å². The molecule has 0 radical (unpaired) electrons. The molecule has 2 atom stereocenters. The standard InChI is InChI=1S/C20H24O5S/c1-15-6-12-18(13-7-15)26(22,23)25-19-5-3-4-14-20(19,21)16-8-10-17(24-2)11-9-16/h6-13,19,21H,3-5,14H2,1-2H3/t19-,20-/m1/s1. The molecule has 0 saturated heterocycles. The number of rotatable bonds is 5. The van der Waals surface area contributed by atoms with Gasteiger partial charge in [0.1, 0.15) is 17.5 Å². The first-order valence-electron chi connectivity index (χ1n) is 8.72. The van der Waals surface area contributed by atoms with Crippen molar-refractivity contribution in [1.29, 1.82) is 0 Å². The predicted octanol–water partition coefficient (Wildman–Crippen LogP) is 3.54. The van der Waals surface area contributed by atoms with Crippen molar-refractivity contribution >= 4 is 10.1 Å². The Balaban J connectivity index is 1.89. The third-order valence-corrected chi connectivity index (χ3v) is 6.28. The Morgan fingerprint density at radius 3 is 2.31 bits per heavy atom. The van der Waals surface area contributed by atoms with Gasteiger partial charge in [-0.2, -0.15) is 8.42 Å². The van der Waals surface area contributed by atoms with Crippen LogP contribution in [-0.2, 0) is 19.9 Å². The van der Waals surface area contributed by atoms with E-state index < -0.39 is 21.8 Å². The first-order valence-corrected chi connectivity index (χ1v) is 10.1. The molecule has 1 aliphatic rings. The Labute approximate surface area is 154 Å². The van der Waals surface area contributed by atoms with E-state index in [9.17, 15) is 13.5 Å². The van der Waals surface area contributed by atoms with Gasteiger partial charge in [0.15, 0.2) is 0 Å². The number of benzene rings is 2. The zero-order valence-electron chi connectivity index (χ0n) is 15.0. The van der Waals surface area contributed by atoms with Gasteiger partial charge in [0.05, 0.1) is 12.0 Å². The normalized spacial score (nSPS) is 23.6. The van der Waals surface area contributed by atoms with E-state index in [0.29, 0.717) is 24.2 Å². The molecule has 1 N–H and O–H groups in total. The fraction of sp³-hybridized carbons (Fsp3) is 0.400. The molecule has 6 heteroatoms. The summed E-state index contributed by atoms with van der Waals surface area (Å²) in [5, 5.41) is 11.3. The molecule has 0 spiro atoms. The molecule has 3 rings (SSSR count). The number of ether oxygens (including phenoxy) is 1. The SMILES string of the molecule is COc1ccc([C@]2(O)CCCC[C@H]2OS(=O)(=O)c2ccc(C)cc2)cc1. The number of hydrogen-bond donors (Lipinski definition) is 1. The Morgan fingerprint density at radius 2 is 1.69 bits per heavy atom. The van der Waals surface area contributed by atoms with Crippen molar-refractivity contribution in [1.82, 2.24) is 0 Å². The van der Waals surface area contributed by atoms with E-state index in [0.717, 1.165) is 18.4 Å². The smallest absolute Gasteiger partial charge is 0.297 e. The highest BCUT2D eigenvalue weighted by molar-refractivity contribution is 7.86. The first kappa shape index (κ1) is 18.9. The van der Waals surface area contributed by atoms with Gasteiger partial charge in [0.25, 0.3) is 10.1 Å². The Bertz CT molecular complexity index is 843. The molecule has 0 bridgehead atoms. The van der Waals surface area contributed by atoms with Gasteiger partial charge in [-0.05, 0) is 49.6 Å². The van der Waals surface area contributed by atoms with E-state index in [1.54, 1.807) is 43.5 Å². The van der Waals surface area contributed by atoms with Crippen LogP contribution in [0.2, 0.25) is 0 Å². The van der Waals surface area contributed by atoms with Gasteiger partial charge in [0.2, 0.25) is 0 Å². The number of hydrogen-bond acceptors (Lipinski definition) is 5. The maximum Gasteiger partial charge on any atom is 0.297 e. The van der Waals surface area contributed by atoms with E-state index in [-0.39, 0.29) is 4.90 Å². The zero-order valence-corrected chi connectivity index (χ0v) is 15.8. The van der Waals surface area contributed by atoms with Gasteiger partial charge < -0.3 is 9.84 Å². The molecular weight excluding hydrogens is 352 g/mol. The molecule has 1 aliphatic carbocycles. The molecular formula is C20H24O5S. The molecule has 0 aromatic heterocycles. The summed E-state index contributed by atoms with van der Waals surface area (Å²) in [5.41, 5.74) is 0.265.